The van der Waals surface area contributed by atoms with Crippen LogP contribution in [-0.4, -0.2) is 20.9 Å². The van der Waals surface area contributed by atoms with Crippen LogP contribution in [0.5, 0.6) is 0 Å². The van der Waals surface area contributed by atoms with E-state index in [1.54, 1.807) is 4.68 Å². The van der Waals surface area contributed by atoms with Crippen LogP contribution in [0.3, 0.4) is 0 Å². The third-order valence-corrected chi connectivity index (χ3v) is 2.78. The Balaban J connectivity index is 1.81. The first-order chi connectivity index (χ1) is 9.13. The average molecular weight is 259 g/mol. The van der Waals surface area contributed by atoms with Gasteiger partial charge in [0.05, 0.1) is 12.1 Å². The van der Waals surface area contributed by atoms with E-state index in [2.05, 4.69) is 10.4 Å². The highest BCUT2D eigenvalue weighted by molar-refractivity contribution is 5.70. The summed E-state index contributed by atoms with van der Waals surface area (Å²) in [7, 11) is 1.89. The molecule has 2 N–H and O–H groups in total. The number of aromatic nitrogens is 2. The number of hydrogen-bond acceptors (Lipinski definition) is 3. The van der Waals surface area contributed by atoms with Crippen LogP contribution in [0.15, 0.2) is 36.5 Å². The molecule has 0 aliphatic carbocycles. The molecule has 5 nitrogen and oxygen atoms in total. The van der Waals surface area contributed by atoms with Crippen molar-refractivity contribution in [3.05, 3.63) is 53.3 Å². The van der Waals surface area contributed by atoms with Crippen LogP contribution in [-0.2, 0) is 31.4 Å². The van der Waals surface area contributed by atoms with Crippen LogP contribution in [0, 0.1) is 0 Å². The third kappa shape index (κ3) is 4.22. The Bertz CT molecular complexity index is 546. The number of hydrogen-bond donors (Lipinski definition) is 2. The van der Waals surface area contributed by atoms with Gasteiger partial charge < -0.3 is 10.4 Å². The summed E-state index contributed by atoms with van der Waals surface area (Å²) < 4.78 is 1.78. The molecule has 0 unspecified atom stereocenters. The van der Waals surface area contributed by atoms with Gasteiger partial charge in [-0.3, -0.25) is 9.48 Å². The summed E-state index contributed by atoms with van der Waals surface area (Å²) in [5.41, 5.74) is 2.95. The number of carbonyl (C=O) groups is 1. The number of carboxylic acids is 1. The van der Waals surface area contributed by atoms with Gasteiger partial charge in [-0.25, -0.2) is 0 Å². The molecule has 0 fully saturated rings. The van der Waals surface area contributed by atoms with Gasteiger partial charge in [0.25, 0.3) is 0 Å². The zero-order valence-corrected chi connectivity index (χ0v) is 10.8. The highest BCUT2D eigenvalue weighted by Crippen LogP contribution is 2.05. The van der Waals surface area contributed by atoms with Crippen molar-refractivity contribution in [2.45, 2.75) is 19.5 Å². The molecule has 100 valence electrons. The first-order valence-electron chi connectivity index (χ1n) is 6.12. The van der Waals surface area contributed by atoms with E-state index in [0.717, 1.165) is 29.9 Å². The van der Waals surface area contributed by atoms with Gasteiger partial charge in [-0.05, 0) is 17.2 Å². The molecule has 2 rings (SSSR count). The standard InChI is InChI=1S/C14H17N3O2/c1-17-7-6-13(16-17)10-15-9-12-4-2-11(3-5-12)8-14(18)19/h2-7,15H,8-10H2,1H3,(H,18,19). The Labute approximate surface area is 111 Å². The minimum Gasteiger partial charge on any atom is -0.481 e. The van der Waals surface area contributed by atoms with Crippen LogP contribution in [0.25, 0.3) is 0 Å². The van der Waals surface area contributed by atoms with Crippen molar-refractivity contribution in [3.63, 3.8) is 0 Å². The number of aliphatic carboxylic acids is 1. The maximum atomic E-state index is 10.6. The smallest absolute Gasteiger partial charge is 0.307 e. The number of rotatable bonds is 6. The maximum absolute atomic E-state index is 10.6. The lowest BCUT2D eigenvalue weighted by atomic mass is 10.1. The van der Waals surface area contributed by atoms with Gasteiger partial charge in [-0.15, -0.1) is 0 Å². The summed E-state index contributed by atoms with van der Waals surface area (Å²) in [6.07, 6.45) is 1.99. The van der Waals surface area contributed by atoms with Crippen molar-refractivity contribution in [3.8, 4) is 0 Å². The highest BCUT2D eigenvalue weighted by Gasteiger charge is 2.01. The lowest BCUT2D eigenvalue weighted by Gasteiger charge is -2.04. The van der Waals surface area contributed by atoms with Gasteiger partial charge in [-0.1, -0.05) is 24.3 Å². The monoisotopic (exact) mass is 259 g/mol. The molecular weight excluding hydrogens is 242 g/mol. The molecule has 0 saturated carbocycles. The van der Waals surface area contributed by atoms with Gasteiger partial charge in [0, 0.05) is 26.3 Å². The maximum Gasteiger partial charge on any atom is 0.307 e. The van der Waals surface area contributed by atoms with Crippen molar-refractivity contribution in [1.82, 2.24) is 15.1 Å². The normalized spacial score (nSPS) is 10.6. The number of carboxylic acid groups (broad SMARTS) is 1. The quantitative estimate of drug-likeness (QED) is 0.821. The van der Waals surface area contributed by atoms with Crippen LogP contribution in [0.4, 0.5) is 0 Å². The van der Waals surface area contributed by atoms with E-state index in [1.165, 1.54) is 0 Å². The van der Waals surface area contributed by atoms with E-state index < -0.39 is 5.97 Å². The van der Waals surface area contributed by atoms with Crippen LogP contribution < -0.4 is 5.32 Å². The summed E-state index contributed by atoms with van der Waals surface area (Å²) in [5.74, 6) is -0.805. The first-order valence-corrected chi connectivity index (χ1v) is 6.12. The summed E-state index contributed by atoms with van der Waals surface area (Å²) >= 11 is 0. The van der Waals surface area contributed by atoms with E-state index in [1.807, 2.05) is 43.6 Å². The number of aryl methyl sites for hydroxylation is 1. The lowest BCUT2D eigenvalue weighted by molar-refractivity contribution is -0.136. The Kier molecular flexibility index (Phi) is 4.30. The van der Waals surface area contributed by atoms with Crippen LogP contribution >= 0.6 is 0 Å². The van der Waals surface area contributed by atoms with Gasteiger partial charge in [-0.2, -0.15) is 5.10 Å². The predicted molar refractivity (Wildman–Crippen MR) is 71.5 cm³/mol. The largest absolute Gasteiger partial charge is 0.481 e. The molecule has 0 aliphatic rings. The zero-order chi connectivity index (χ0) is 13.7. The minimum absolute atomic E-state index is 0.0711. The van der Waals surface area contributed by atoms with Crippen molar-refractivity contribution in [2.24, 2.45) is 7.05 Å². The fraction of sp³-hybridized carbons (Fsp3) is 0.286. The van der Waals surface area contributed by atoms with E-state index in [0.29, 0.717) is 0 Å². The van der Waals surface area contributed by atoms with Crippen LogP contribution in [0.2, 0.25) is 0 Å². The fourth-order valence-electron chi connectivity index (χ4n) is 1.84. The second-order valence-corrected chi connectivity index (χ2v) is 4.47. The third-order valence-electron chi connectivity index (χ3n) is 2.78. The molecule has 0 saturated heterocycles. The van der Waals surface area contributed by atoms with E-state index in [9.17, 15) is 4.79 Å². The van der Waals surface area contributed by atoms with Crippen molar-refractivity contribution in [1.29, 1.82) is 0 Å². The number of nitrogens with one attached hydrogen (secondary N) is 1. The highest BCUT2D eigenvalue weighted by atomic mass is 16.4. The molecule has 0 radical (unpaired) electrons. The number of nitrogens with zero attached hydrogens (tertiary/aromatic N) is 2. The topological polar surface area (TPSA) is 67.2 Å². The Morgan fingerprint density at radius 1 is 1.21 bits per heavy atom. The SMILES string of the molecule is Cn1ccc(CNCc2ccc(CC(=O)O)cc2)n1. The summed E-state index contributed by atoms with van der Waals surface area (Å²) in [6.45, 7) is 1.46. The average Bonchev–Trinajstić information content (AvgIpc) is 2.77. The fourth-order valence-corrected chi connectivity index (χ4v) is 1.84. The molecule has 5 heteroatoms. The molecule has 19 heavy (non-hydrogen) atoms. The Hall–Kier alpha value is -2.14. The Morgan fingerprint density at radius 3 is 2.47 bits per heavy atom. The molecule has 0 atom stereocenters. The van der Waals surface area contributed by atoms with Crippen LogP contribution in [0.1, 0.15) is 16.8 Å². The van der Waals surface area contributed by atoms with E-state index in [-0.39, 0.29) is 6.42 Å². The summed E-state index contributed by atoms with van der Waals surface area (Å²) in [6, 6.07) is 9.58. The molecular formula is C14H17N3O2. The van der Waals surface area contributed by atoms with E-state index in [4.69, 9.17) is 5.11 Å². The molecule has 0 spiro atoms. The molecule has 0 aliphatic heterocycles. The van der Waals surface area contributed by atoms with Crippen molar-refractivity contribution in [2.75, 3.05) is 0 Å². The second kappa shape index (κ2) is 6.15. The molecule has 0 amide bonds. The van der Waals surface area contributed by atoms with Gasteiger partial charge in [0.1, 0.15) is 0 Å². The van der Waals surface area contributed by atoms with Crippen molar-refractivity contribution < 1.29 is 9.90 Å². The van der Waals surface area contributed by atoms with Gasteiger partial charge in [0.15, 0.2) is 0 Å². The van der Waals surface area contributed by atoms with Gasteiger partial charge in [0.2, 0.25) is 0 Å². The van der Waals surface area contributed by atoms with E-state index >= 15 is 0 Å². The molecule has 0 bridgehead atoms. The summed E-state index contributed by atoms with van der Waals surface area (Å²) in [4.78, 5) is 10.6. The summed E-state index contributed by atoms with van der Waals surface area (Å²) in [5, 5.41) is 16.3. The molecule has 1 aromatic heterocycles. The minimum atomic E-state index is -0.805. The number of benzene rings is 1. The molecule has 1 heterocycles. The first kappa shape index (κ1) is 13.3. The Morgan fingerprint density at radius 2 is 1.89 bits per heavy atom. The second-order valence-electron chi connectivity index (χ2n) is 4.47. The zero-order valence-electron chi connectivity index (χ0n) is 10.8. The van der Waals surface area contributed by atoms with Gasteiger partial charge >= 0.3 is 5.97 Å². The lowest BCUT2D eigenvalue weighted by Crippen LogP contribution is -2.13. The predicted octanol–water partition coefficient (Wildman–Crippen LogP) is 1.34. The molecule has 1 aromatic carbocycles. The molecule has 2 aromatic rings. The van der Waals surface area contributed by atoms with Crippen molar-refractivity contribution >= 4 is 5.97 Å².